The van der Waals surface area contributed by atoms with E-state index in [0.717, 1.165) is 19.3 Å². The molecule has 0 radical (unpaired) electrons. The number of unbranched alkanes of at least 4 members (excludes halogenated alkanes) is 2. The Morgan fingerprint density at radius 2 is 1.93 bits per heavy atom. The third-order valence-corrected chi connectivity index (χ3v) is 1.93. The van der Waals surface area contributed by atoms with E-state index in [2.05, 4.69) is 5.32 Å². The van der Waals surface area contributed by atoms with Crippen LogP contribution < -0.4 is 16.8 Å². The van der Waals surface area contributed by atoms with Crippen molar-refractivity contribution < 1.29 is 14.7 Å². The van der Waals surface area contributed by atoms with Crippen LogP contribution in [0.5, 0.6) is 0 Å². The Bertz CT molecular complexity index is 209. The predicted octanol–water partition coefficient (Wildman–Crippen LogP) is -0.966. The third-order valence-electron chi connectivity index (χ3n) is 1.93. The summed E-state index contributed by atoms with van der Waals surface area (Å²) in [6.07, 6.45) is 2.57. The van der Waals surface area contributed by atoms with E-state index in [4.69, 9.17) is 16.6 Å². The standard InChI is InChI=1S/C9H19N3O3/c10-4-2-1-3-5-12-8(13)6-7(11)9(14)15/h7H,1-6,10-11H2,(H,12,13)(H,14,15)/t7-/m0/s1. The van der Waals surface area contributed by atoms with E-state index >= 15 is 0 Å². The van der Waals surface area contributed by atoms with Gasteiger partial charge in [-0.05, 0) is 19.4 Å². The molecule has 0 aliphatic carbocycles. The van der Waals surface area contributed by atoms with Crippen LogP contribution in [0.4, 0.5) is 0 Å². The summed E-state index contributed by atoms with van der Waals surface area (Å²) in [6.45, 7) is 1.20. The van der Waals surface area contributed by atoms with E-state index in [1.54, 1.807) is 0 Å². The number of rotatable bonds is 8. The van der Waals surface area contributed by atoms with Crippen LogP contribution in [0.3, 0.4) is 0 Å². The molecule has 0 saturated heterocycles. The predicted molar refractivity (Wildman–Crippen MR) is 56.1 cm³/mol. The van der Waals surface area contributed by atoms with Crippen molar-refractivity contribution in [2.45, 2.75) is 31.7 Å². The number of hydrogen-bond acceptors (Lipinski definition) is 4. The van der Waals surface area contributed by atoms with Crippen LogP contribution in [0.25, 0.3) is 0 Å². The quantitative estimate of drug-likeness (QED) is 0.390. The molecule has 0 aromatic rings. The molecule has 0 aliphatic heterocycles. The number of nitrogens with one attached hydrogen (secondary N) is 1. The molecular weight excluding hydrogens is 198 g/mol. The lowest BCUT2D eigenvalue weighted by atomic mass is 10.2. The van der Waals surface area contributed by atoms with Crippen molar-refractivity contribution in [1.29, 1.82) is 0 Å². The summed E-state index contributed by atoms with van der Waals surface area (Å²) in [5, 5.41) is 11.1. The molecule has 1 atom stereocenters. The highest BCUT2D eigenvalue weighted by Crippen LogP contribution is 1.92. The van der Waals surface area contributed by atoms with Crippen molar-refractivity contribution in [3.63, 3.8) is 0 Å². The zero-order valence-electron chi connectivity index (χ0n) is 8.74. The molecular formula is C9H19N3O3. The Labute approximate surface area is 89.0 Å². The van der Waals surface area contributed by atoms with Crippen molar-refractivity contribution >= 4 is 11.9 Å². The van der Waals surface area contributed by atoms with Crippen LogP contribution in [-0.2, 0) is 9.59 Å². The molecule has 6 heteroatoms. The summed E-state index contributed by atoms with van der Waals surface area (Å²) in [7, 11) is 0. The van der Waals surface area contributed by atoms with Crippen LogP contribution in [0.2, 0.25) is 0 Å². The van der Waals surface area contributed by atoms with E-state index in [1.165, 1.54) is 0 Å². The first-order valence-electron chi connectivity index (χ1n) is 5.03. The van der Waals surface area contributed by atoms with Crippen LogP contribution in [0.15, 0.2) is 0 Å². The second kappa shape index (κ2) is 8.19. The van der Waals surface area contributed by atoms with Crippen LogP contribution >= 0.6 is 0 Å². The van der Waals surface area contributed by atoms with Gasteiger partial charge in [0.05, 0.1) is 6.42 Å². The third kappa shape index (κ3) is 7.90. The SMILES string of the molecule is NCCCCCNC(=O)C[C@H](N)C(=O)O. The first-order valence-corrected chi connectivity index (χ1v) is 5.03. The first kappa shape index (κ1) is 13.9. The molecule has 0 spiro atoms. The average molecular weight is 217 g/mol. The number of carbonyl (C=O) groups is 2. The monoisotopic (exact) mass is 217 g/mol. The van der Waals surface area contributed by atoms with Crippen molar-refractivity contribution in [2.75, 3.05) is 13.1 Å². The minimum atomic E-state index is -1.16. The van der Waals surface area contributed by atoms with E-state index in [-0.39, 0.29) is 12.3 Å². The van der Waals surface area contributed by atoms with Crippen molar-refractivity contribution in [3.8, 4) is 0 Å². The molecule has 0 aromatic carbocycles. The van der Waals surface area contributed by atoms with Gasteiger partial charge in [0.25, 0.3) is 0 Å². The van der Waals surface area contributed by atoms with E-state index in [1.807, 2.05) is 0 Å². The normalized spacial score (nSPS) is 12.1. The first-order chi connectivity index (χ1) is 7.07. The number of amides is 1. The molecule has 6 nitrogen and oxygen atoms in total. The molecule has 0 aliphatic rings. The smallest absolute Gasteiger partial charge is 0.321 e. The molecule has 0 fully saturated rings. The van der Waals surface area contributed by atoms with Crippen molar-refractivity contribution in [1.82, 2.24) is 5.32 Å². The molecule has 0 rings (SSSR count). The van der Waals surface area contributed by atoms with Crippen molar-refractivity contribution in [3.05, 3.63) is 0 Å². The van der Waals surface area contributed by atoms with Gasteiger partial charge in [-0.1, -0.05) is 6.42 Å². The summed E-state index contributed by atoms with van der Waals surface area (Å²) in [4.78, 5) is 21.4. The summed E-state index contributed by atoms with van der Waals surface area (Å²) < 4.78 is 0. The Hall–Kier alpha value is -1.14. The zero-order valence-corrected chi connectivity index (χ0v) is 8.74. The van der Waals surface area contributed by atoms with Gasteiger partial charge in [-0.3, -0.25) is 9.59 Å². The van der Waals surface area contributed by atoms with Crippen LogP contribution in [0.1, 0.15) is 25.7 Å². The second-order valence-corrected chi connectivity index (χ2v) is 3.35. The molecule has 0 aromatic heterocycles. The van der Waals surface area contributed by atoms with Gasteiger partial charge in [-0.25, -0.2) is 0 Å². The fourth-order valence-corrected chi connectivity index (χ4v) is 1.03. The minimum Gasteiger partial charge on any atom is -0.480 e. The van der Waals surface area contributed by atoms with Gasteiger partial charge in [0.1, 0.15) is 6.04 Å². The van der Waals surface area contributed by atoms with E-state index in [0.29, 0.717) is 13.1 Å². The van der Waals surface area contributed by atoms with Gasteiger partial charge < -0.3 is 21.9 Å². The number of carbonyl (C=O) groups excluding carboxylic acids is 1. The van der Waals surface area contributed by atoms with Gasteiger partial charge in [0.15, 0.2) is 0 Å². The van der Waals surface area contributed by atoms with Gasteiger partial charge in [-0.15, -0.1) is 0 Å². The topological polar surface area (TPSA) is 118 Å². The maximum atomic E-state index is 11.1. The van der Waals surface area contributed by atoms with Gasteiger partial charge >= 0.3 is 5.97 Å². The number of nitrogens with two attached hydrogens (primary N) is 2. The maximum Gasteiger partial charge on any atom is 0.321 e. The highest BCUT2D eigenvalue weighted by Gasteiger charge is 2.15. The van der Waals surface area contributed by atoms with Gasteiger partial charge in [0.2, 0.25) is 5.91 Å². The Balaban J connectivity index is 3.45. The summed E-state index contributed by atoms with van der Waals surface area (Å²) in [5.41, 5.74) is 10.5. The summed E-state index contributed by atoms with van der Waals surface area (Å²) in [5.74, 6) is -1.48. The van der Waals surface area contributed by atoms with Crippen molar-refractivity contribution in [2.24, 2.45) is 11.5 Å². The number of carboxylic acids is 1. The lowest BCUT2D eigenvalue weighted by Crippen LogP contribution is -2.37. The molecule has 0 bridgehead atoms. The van der Waals surface area contributed by atoms with Crippen LogP contribution in [-0.4, -0.2) is 36.1 Å². The largest absolute Gasteiger partial charge is 0.480 e. The summed E-state index contributed by atoms with van der Waals surface area (Å²) in [6, 6.07) is -1.12. The molecule has 1 amide bonds. The number of hydrogen-bond donors (Lipinski definition) is 4. The molecule has 15 heavy (non-hydrogen) atoms. The molecule has 88 valence electrons. The van der Waals surface area contributed by atoms with Gasteiger partial charge in [0, 0.05) is 6.54 Å². The van der Waals surface area contributed by atoms with E-state index < -0.39 is 12.0 Å². The van der Waals surface area contributed by atoms with Gasteiger partial charge in [-0.2, -0.15) is 0 Å². The Morgan fingerprint density at radius 1 is 1.27 bits per heavy atom. The molecule has 6 N–H and O–H groups in total. The van der Waals surface area contributed by atoms with E-state index in [9.17, 15) is 9.59 Å². The molecule has 0 unspecified atom stereocenters. The zero-order chi connectivity index (χ0) is 11.7. The maximum absolute atomic E-state index is 11.1. The fourth-order valence-electron chi connectivity index (χ4n) is 1.03. The summed E-state index contributed by atoms with van der Waals surface area (Å²) >= 11 is 0. The minimum absolute atomic E-state index is 0.174. The molecule has 0 saturated carbocycles. The lowest BCUT2D eigenvalue weighted by Gasteiger charge is -2.07. The Kier molecular flexibility index (Phi) is 7.57. The Morgan fingerprint density at radius 3 is 2.47 bits per heavy atom. The number of aliphatic carboxylic acids is 1. The molecule has 0 heterocycles. The van der Waals surface area contributed by atoms with Crippen LogP contribution in [0, 0.1) is 0 Å². The lowest BCUT2D eigenvalue weighted by molar-refractivity contribution is -0.140. The average Bonchev–Trinajstić information content (AvgIpc) is 2.17. The second-order valence-electron chi connectivity index (χ2n) is 3.35. The fraction of sp³-hybridized carbons (Fsp3) is 0.778. The highest BCUT2D eigenvalue weighted by atomic mass is 16.4. The number of carboxylic acid groups (broad SMARTS) is 1. The highest BCUT2D eigenvalue weighted by molar-refractivity contribution is 5.84.